The Hall–Kier alpha value is -2.13. The maximum Gasteiger partial charge on any atom is 0.100 e. The number of hydrogen-bond donors (Lipinski definition) is 1. The molecule has 18 heavy (non-hydrogen) atoms. The topological polar surface area (TPSA) is 38.0 Å². The number of fused-ring (bicyclic) bond motifs is 1. The quantitative estimate of drug-likeness (QED) is 0.745. The third-order valence-corrected chi connectivity index (χ3v) is 3.21. The Morgan fingerprint density at radius 3 is 2.72 bits per heavy atom. The summed E-state index contributed by atoms with van der Waals surface area (Å²) in [5.74, 6) is 0. The maximum atomic E-state index is 9.32. The molecule has 3 heteroatoms. The molecule has 0 aliphatic heterocycles. The summed E-state index contributed by atoms with van der Waals surface area (Å²) in [5.41, 5.74) is 5.07. The Balaban J connectivity index is 2.29. The lowest BCUT2D eigenvalue weighted by atomic mass is 10.1. The summed E-state index contributed by atoms with van der Waals surface area (Å²) >= 11 is 0. The Morgan fingerprint density at radius 2 is 1.94 bits per heavy atom. The molecule has 3 rings (SSSR count). The Morgan fingerprint density at radius 1 is 1.11 bits per heavy atom. The zero-order valence-electron chi connectivity index (χ0n) is 10.2. The molecule has 0 unspecified atom stereocenters. The largest absolute Gasteiger partial charge is 0.392 e. The molecule has 0 fully saturated rings. The van der Waals surface area contributed by atoms with Crippen LogP contribution < -0.4 is 0 Å². The third kappa shape index (κ3) is 1.60. The van der Waals surface area contributed by atoms with Crippen LogP contribution in [0.3, 0.4) is 0 Å². The summed E-state index contributed by atoms with van der Waals surface area (Å²) in [6.45, 7) is 2.10. The number of benzene rings is 2. The first-order chi connectivity index (χ1) is 8.81. The van der Waals surface area contributed by atoms with E-state index in [1.54, 1.807) is 0 Å². The van der Waals surface area contributed by atoms with Crippen molar-refractivity contribution < 1.29 is 5.11 Å². The van der Waals surface area contributed by atoms with Crippen molar-refractivity contribution in [3.05, 3.63) is 59.9 Å². The second-order valence-electron chi connectivity index (χ2n) is 4.34. The zero-order valence-corrected chi connectivity index (χ0v) is 10.2. The van der Waals surface area contributed by atoms with E-state index in [4.69, 9.17) is 0 Å². The van der Waals surface area contributed by atoms with Crippen LogP contribution in [0.15, 0.2) is 48.8 Å². The molecule has 1 N–H and O–H groups in total. The van der Waals surface area contributed by atoms with Crippen molar-refractivity contribution in [3.63, 3.8) is 0 Å². The smallest absolute Gasteiger partial charge is 0.100 e. The van der Waals surface area contributed by atoms with Gasteiger partial charge in [0.05, 0.1) is 23.3 Å². The van der Waals surface area contributed by atoms with Crippen LogP contribution in [0.5, 0.6) is 0 Å². The van der Waals surface area contributed by atoms with Crippen LogP contribution >= 0.6 is 0 Å². The average molecular weight is 238 g/mol. The fourth-order valence-corrected chi connectivity index (χ4v) is 2.25. The number of rotatable bonds is 2. The molecule has 0 saturated heterocycles. The lowest BCUT2D eigenvalue weighted by Gasteiger charge is -2.08. The molecule has 0 bridgehead atoms. The van der Waals surface area contributed by atoms with E-state index >= 15 is 0 Å². The number of aliphatic hydroxyl groups excluding tert-OH is 1. The molecule has 0 radical (unpaired) electrons. The summed E-state index contributed by atoms with van der Waals surface area (Å²) in [5, 5.41) is 9.32. The molecule has 3 aromatic rings. The van der Waals surface area contributed by atoms with Crippen molar-refractivity contribution in [1.82, 2.24) is 9.55 Å². The molecule has 0 aliphatic rings. The molecule has 0 spiro atoms. The van der Waals surface area contributed by atoms with Crippen LogP contribution in [-0.2, 0) is 6.61 Å². The van der Waals surface area contributed by atoms with Crippen molar-refractivity contribution in [2.75, 3.05) is 0 Å². The van der Waals surface area contributed by atoms with E-state index in [0.717, 1.165) is 22.3 Å². The lowest BCUT2D eigenvalue weighted by molar-refractivity contribution is 0.283. The molecule has 2 aromatic carbocycles. The Bertz CT molecular complexity index is 701. The normalized spacial score (nSPS) is 11.0. The minimum Gasteiger partial charge on any atom is -0.392 e. The van der Waals surface area contributed by atoms with Crippen molar-refractivity contribution in [2.24, 2.45) is 0 Å². The van der Waals surface area contributed by atoms with Crippen molar-refractivity contribution in [2.45, 2.75) is 13.5 Å². The van der Waals surface area contributed by atoms with E-state index in [0.29, 0.717) is 0 Å². The van der Waals surface area contributed by atoms with E-state index in [1.807, 2.05) is 36.7 Å². The van der Waals surface area contributed by atoms with Crippen molar-refractivity contribution in [1.29, 1.82) is 0 Å². The average Bonchev–Trinajstić information content (AvgIpc) is 2.83. The van der Waals surface area contributed by atoms with Gasteiger partial charge in [0.15, 0.2) is 0 Å². The molecule has 0 saturated carbocycles. The minimum absolute atomic E-state index is 0.0160. The van der Waals surface area contributed by atoms with Crippen LogP contribution in [0.4, 0.5) is 0 Å². The van der Waals surface area contributed by atoms with Crippen LogP contribution in [0.25, 0.3) is 16.7 Å². The van der Waals surface area contributed by atoms with E-state index < -0.39 is 0 Å². The summed E-state index contributed by atoms with van der Waals surface area (Å²) in [7, 11) is 0. The van der Waals surface area contributed by atoms with Gasteiger partial charge in [-0.25, -0.2) is 4.98 Å². The second kappa shape index (κ2) is 4.27. The van der Waals surface area contributed by atoms with E-state index in [9.17, 15) is 5.11 Å². The predicted molar refractivity (Wildman–Crippen MR) is 71.7 cm³/mol. The van der Waals surface area contributed by atoms with E-state index in [2.05, 4.69) is 28.6 Å². The van der Waals surface area contributed by atoms with Gasteiger partial charge in [0.1, 0.15) is 6.33 Å². The van der Waals surface area contributed by atoms with Gasteiger partial charge in [-0.05, 0) is 24.6 Å². The van der Waals surface area contributed by atoms with Crippen LogP contribution in [0.2, 0.25) is 0 Å². The SMILES string of the molecule is Cc1ccccc1-n1cnc2c(CO)cccc21. The number of aryl methyl sites for hydroxylation is 1. The first-order valence-electron chi connectivity index (χ1n) is 5.93. The van der Waals surface area contributed by atoms with Gasteiger partial charge in [-0.15, -0.1) is 0 Å². The van der Waals surface area contributed by atoms with Crippen LogP contribution in [-0.4, -0.2) is 14.7 Å². The van der Waals surface area contributed by atoms with E-state index in [-0.39, 0.29) is 6.61 Å². The fraction of sp³-hybridized carbons (Fsp3) is 0.133. The first kappa shape index (κ1) is 11.0. The number of hydrogen-bond acceptors (Lipinski definition) is 2. The van der Waals surface area contributed by atoms with Gasteiger partial charge >= 0.3 is 0 Å². The molecule has 0 aliphatic carbocycles. The Labute approximate surface area is 105 Å². The molecule has 3 nitrogen and oxygen atoms in total. The van der Waals surface area contributed by atoms with Gasteiger partial charge in [0, 0.05) is 5.56 Å². The summed E-state index contributed by atoms with van der Waals surface area (Å²) < 4.78 is 2.06. The molecule has 0 amide bonds. The van der Waals surface area contributed by atoms with Gasteiger partial charge in [-0.1, -0.05) is 30.3 Å². The highest BCUT2D eigenvalue weighted by molar-refractivity contribution is 5.80. The summed E-state index contributed by atoms with van der Waals surface area (Å²) in [4.78, 5) is 4.41. The molecular formula is C15H14N2O. The lowest BCUT2D eigenvalue weighted by Crippen LogP contribution is -1.95. The number of aromatic nitrogens is 2. The van der Waals surface area contributed by atoms with Crippen molar-refractivity contribution >= 4 is 11.0 Å². The number of aliphatic hydroxyl groups is 1. The van der Waals surface area contributed by atoms with Crippen LogP contribution in [0.1, 0.15) is 11.1 Å². The van der Waals surface area contributed by atoms with Gasteiger partial charge < -0.3 is 5.11 Å². The highest BCUT2D eigenvalue weighted by Crippen LogP contribution is 2.22. The molecule has 1 heterocycles. The first-order valence-corrected chi connectivity index (χ1v) is 5.93. The molecule has 1 aromatic heterocycles. The third-order valence-electron chi connectivity index (χ3n) is 3.21. The van der Waals surface area contributed by atoms with Crippen molar-refractivity contribution in [3.8, 4) is 5.69 Å². The molecule has 0 atom stereocenters. The number of para-hydroxylation sites is 2. The van der Waals surface area contributed by atoms with Gasteiger partial charge in [0.25, 0.3) is 0 Å². The van der Waals surface area contributed by atoms with Gasteiger partial charge in [-0.3, -0.25) is 4.57 Å². The monoisotopic (exact) mass is 238 g/mol. The maximum absolute atomic E-state index is 9.32. The summed E-state index contributed by atoms with van der Waals surface area (Å²) in [6.07, 6.45) is 1.81. The molecule has 90 valence electrons. The number of nitrogens with zero attached hydrogens (tertiary/aromatic N) is 2. The highest BCUT2D eigenvalue weighted by Gasteiger charge is 2.08. The van der Waals surface area contributed by atoms with Gasteiger partial charge in [0.2, 0.25) is 0 Å². The van der Waals surface area contributed by atoms with Gasteiger partial charge in [-0.2, -0.15) is 0 Å². The predicted octanol–water partition coefficient (Wildman–Crippen LogP) is 2.83. The second-order valence-corrected chi connectivity index (χ2v) is 4.34. The fourth-order valence-electron chi connectivity index (χ4n) is 2.25. The van der Waals surface area contributed by atoms with E-state index in [1.165, 1.54) is 5.56 Å². The Kier molecular flexibility index (Phi) is 2.61. The molecular weight excluding hydrogens is 224 g/mol. The minimum atomic E-state index is 0.0160. The van der Waals surface area contributed by atoms with Crippen LogP contribution in [0, 0.1) is 6.92 Å². The number of imidazole rings is 1. The highest BCUT2D eigenvalue weighted by atomic mass is 16.3. The zero-order chi connectivity index (χ0) is 12.5. The summed E-state index contributed by atoms with van der Waals surface area (Å²) in [6, 6.07) is 14.1. The standard InChI is InChI=1S/C15H14N2O/c1-11-5-2-3-7-13(11)17-10-16-15-12(9-18)6-4-8-14(15)17/h2-8,10,18H,9H2,1H3.